The van der Waals surface area contributed by atoms with Crippen LogP contribution in [-0.2, 0) is 17.9 Å². The second-order valence-corrected chi connectivity index (χ2v) is 9.62. The van der Waals surface area contributed by atoms with Gasteiger partial charge in [-0.1, -0.05) is 66.2 Å². The molecule has 0 unspecified atom stereocenters. The average Bonchev–Trinajstić information content (AvgIpc) is 3.29. The molecule has 0 spiro atoms. The number of hydrogen-bond donors (Lipinski definition) is 0. The van der Waals surface area contributed by atoms with E-state index < -0.39 is 0 Å². The van der Waals surface area contributed by atoms with Crippen LogP contribution in [0, 0.1) is 25.2 Å². The number of nitrogens with zero attached hydrogens (tertiary/aromatic N) is 3. The van der Waals surface area contributed by atoms with E-state index in [1.165, 1.54) is 4.90 Å². The number of fused-ring (bicyclic) bond motifs is 1. The molecular weight excluding hydrogens is 454 g/mol. The molecule has 6 heteroatoms. The Morgan fingerprint density at radius 3 is 2.40 bits per heavy atom. The summed E-state index contributed by atoms with van der Waals surface area (Å²) in [5.41, 5.74) is 6.53. The van der Waals surface area contributed by atoms with E-state index >= 15 is 0 Å². The SMILES string of the molecule is Cc1ccc(CN2C(=O)S/C(=C\c3c(C)n(Cc4ccccc4C#N)c4ccccc34)C2=O)cc1. The summed E-state index contributed by atoms with van der Waals surface area (Å²) in [7, 11) is 0. The monoisotopic (exact) mass is 477 g/mol. The topological polar surface area (TPSA) is 66.1 Å². The van der Waals surface area contributed by atoms with E-state index in [1.807, 2.05) is 92.7 Å². The van der Waals surface area contributed by atoms with Gasteiger partial charge in [0.15, 0.2) is 0 Å². The highest BCUT2D eigenvalue weighted by molar-refractivity contribution is 8.18. The fourth-order valence-corrected chi connectivity index (χ4v) is 5.24. The molecule has 5 nitrogen and oxygen atoms in total. The van der Waals surface area contributed by atoms with Gasteiger partial charge in [0.1, 0.15) is 0 Å². The van der Waals surface area contributed by atoms with Crippen LogP contribution < -0.4 is 0 Å². The predicted molar refractivity (Wildman–Crippen MR) is 140 cm³/mol. The molecule has 4 aromatic rings. The summed E-state index contributed by atoms with van der Waals surface area (Å²) < 4.78 is 2.16. The summed E-state index contributed by atoms with van der Waals surface area (Å²) in [6.45, 7) is 4.81. The minimum atomic E-state index is -0.272. The highest BCUT2D eigenvalue weighted by Crippen LogP contribution is 2.36. The molecule has 1 aliphatic heterocycles. The summed E-state index contributed by atoms with van der Waals surface area (Å²) in [5.74, 6) is -0.272. The molecule has 0 aliphatic carbocycles. The van der Waals surface area contributed by atoms with Gasteiger partial charge in [-0.05, 0) is 54.9 Å². The maximum absolute atomic E-state index is 13.2. The van der Waals surface area contributed by atoms with E-state index in [1.54, 1.807) is 0 Å². The molecule has 1 fully saturated rings. The number of rotatable bonds is 5. The van der Waals surface area contributed by atoms with Gasteiger partial charge >= 0.3 is 0 Å². The standard InChI is InChI=1S/C29H23N3O2S/c1-19-11-13-21(14-12-19)17-32-28(33)27(35-29(32)34)15-25-20(2)31(26-10-6-5-9-24(25)26)18-23-8-4-3-7-22(23)16-30/h3-15H,17-18H2,1-2H3/b27-15-. The zero-order valence-electron chi connectivity index (χ0n) is 19.5. The van der Waals surface area contributed by atoms with Gasteiger partial charge in [-0.15, -0.1) is 0 Å². The number of nitriles is 1. The Hall–Kier alpha value is -4.08. The number of imide groups is 1. The van der Waals surface area contributed by atoms with Crippen LogP contribution in [0.1, 0.15) is 33.5 Å². The number of hydrogen-bond acceptors (Lipinski definition) is 4. The lowest BCUT2D eigenvalue weighted by molar-refractivity contribution is -0.123. The quantitative estimate of drug-likeness (QED) is 0.311. The lowest BCUT2D eigenvalue weighted by Gasteiger charge is -2.12. The maximum atomic E-state index is 13.2. The predicted octanol–water partition coefficient (Wildman–Crippen LogP) is 6.41. The van der Waals surface area contributed by atoms with Crippen molar-refractivity contribution in [3.8, 4) is 6.07 Å². The Bertz CT molecular complexity index is 1540. The van der Waals surface area contributed by atoms with Crippen LogP contribution in [0.3, 0.4) is 0 Å². The molecule has 2 amide bonds. The molecule has 1 aliphatic rings. The van der Waals surface area contributed by atoms with Gasteiger partial charge in [0.25, 0.3) is 11.1 Å². The molecule has 1 saturated heterocycles. The zero-order chi connectivity index (χ0) is 24.5. The fourth-order valence-electron chi connectivity index (χ4n) is 4.42. The number of carbonyl (C=O) groups is 2. The van der Waals surface area contributed by atoms with Gasteiger partial charge in [0, 0.05) is 28.7 Å². The lowest BCUT2D eigenvalue weighted by atomic mass is 10.1. The lowest BCUT2D eigenvalue weighted by Crippen LogP contribution is -2.27. The molecule has 1 aromatic heterocycles. The number of aromatic nitrogens is 1. The number of amides is 2. The van der Waals surface area contributed by atoms with Gasteiger partial charge in [0.2, 0.25) is 0 Å². The number of para-hydroxylation sites is 1. The molecule has 5 rings (SSSR count). The summed E-state index contributed by atoms with van der Waals surface area (Å²) in [5, 5.41) is 10.3. The van der Waals surface area contributed by atoms with Crippen LogP contribution in [0.15, 0.2) is 77.7 Å². The maximum Gasteiger partial charge on any atom is 0.293 e. The average molecular weight is 478 g/mol. The molecule has 0 N–H and O–H groups in total. The Morgan fingerprint density at radius 1 is 0.914 bits per heavy atom. The van der Waals surface area contributed by atoms with E-state index in [0.717, 1.165) is 50.6 Å². The Kier molecular flexibility index (Phi) is 6.02. The normalized spacial score (nSPS) is 14.8. The minimum Gasteiger partial charge on any atom is -0.340 e. The van der Waals surface area contributed by atoms with Gasteiger partial charge in [0.05, 0.1) is 23.1 Å². The van der Waals surface area contributed by atoms with E-state index in [2.05, 4.69) is 10.6 Å². The molecule has 35 heavy (non-hydrogen) atoms. The van der Waals surface area contributed by atoms with Crippen LogP contribution in [-0.4, -0.2) is 20.6 Å². The van der Waals surface area contributed by atoms with Crippen LogP contribution in [0.25, 0.3) is 17.0 Å². The third kappa shape index (κ3) is 4.27. The highest BCUT2D eigenvalue weighted by Gasteiger charge is 2.35. The van der Waals surface area contributed by atoms with Crippen molar-refractivity contribution in [1.82, 2.24) is 9.47 Å². The van der Waals surface area contributed by atoms with Gasteiger partial charge in [-0.3, -0.25) is 14.5 Å². The molecule has 3 aromatic carbocycles. The van der Waals surface area contributed by atoms with Crippen molar-refractivity contribution in [2.75, 3.05) is 0 Å². The van der Waals surface area contributed by atoms with Gasteiger partial charge in [-0.2, -0.15) is 5.26 Å². The summed E-state index contributed by atoms with van der Waals surface area (Å²) >= 11 is 0.982. The summed E-state index contributed by atoms with van der Waals surface area (Å²) in [6, 6.07) is 25.7. The molecule has 172 valence electrons. The van der Waals surface area contributed by atoms with E-state index in [-0.39, 0.29) is 17.7 Å². The third-order valence-corrected chi connectivity index (χ3v) is 7.26. The van der Waals surface area contributed by atoms with Gasteiger partial charge in [-0.25, -0.2) is 0 Å². The Morgan fingerprint density at radius 2 is 1.63 bits per heavy atom. The molecule has 0 saturated carbocycles. The largest absolute Gasteiger partial charge is 0.340 e. The van der Waals surface area contributed by atoms with Crippen LogP contribution >= 0.6 is 11.8 Å². The van der Waals surface area contributed by atoms with Gasteiger partial charge < -0.3 is 4.57 Å². The molecule has 0 atom stereocenters. The fraction of sp³-hybridized carbons (Fsp3) is 0.138. The van der Waals surface area contributed by atoms with E-state index in [9.17, 15) is 14.9 Å². The number of thioether (sulfide) groups is 1. The molecular formula is C29H23N3O2S. The van der Waals surface area contributed by atoms with Crippen molar-refractivity contribution in [2.45, 2.75) is 26.9 Å². The Labute approximate surface area is 208 Å². The van der Waals surface area contributed by atoms with Crippen molar-refractivity contribution >= 4 is 39.9 Å². The third-order valence-electron chi connectivity index (χ3n) is 6.36. The first-order valence-corrected chi connectivity index (χ1v) is 12.1. The van der Waals surface area contributed by atoms with E-state index in [0.29, 0.717) is 17.0 Å². The number of aryl methyl sites for hydroxylation is 1. The highest BCUT2D eigenvalue weighted by atomic mass is 32.2. The first-order chi connectivity index (χ1) is 17.0. The Balaban J connectivity index is 1.52. The van der Waals surface area contributed by atoms with Crippen LogP contribution in [0.2, 0.25) is 0 Å². The van der Waals surface area contributed by atoms with Crippen LogP contribution in [0.5, 0.6) is 0 Å². The second kappa shape index (κ2) is 9.28. The number of benzene rings is 3. The smallest absolute Gasteiger partial charge is 0.293 e. The zero-order valence-corrected chi connectivity index (χ0v) is 20.3. The molecule has 0 radical (unpaired) electrons. The van der Waals surface area contributed by atoms with Crippen molar-refractivity contribution in [2.24, 2.45) is 0 Å². The second-order valence-electron chi connectivity index (χ2n) is 8.62. The van der Waals surface area contributed by atoms with Crippen LogP contribution in [0.4, 0.5) is 4.79 Å². The first kappa shape index (κ1) is 22.7. The summed E-state index contributed by atoms with van der Waals surface area (Å²) in [6.07, 6.45) is 1.84. The van der Waals surface area contributed by atoms with Crippen molar-refractivity contribution in [3.63, 3.8) is 0 Å². The minimum absolute atomic E-state index is 0.258. The first-order valence-electron chi connectivity index (χ1n) is 11.3. The number of carbonyl (C=O) groups excluding carboxylic acids is 2. The van der Waals surface area contributed by atoms with Crippen molar-refractivity contribution < 1.29 is 9.59 Å². The van der Waals surface area contributed by atoms with Crippen molar-refractivity contribution in [1.29, 1.82) is 5.26 Å². The van der Waals surface area contributed by atoms with Crippen molar-refractivity contribution in [3.05, 3.63) is 111 Å². The molecule has 0 bridgehead atoms. The van der Waals surface area contributed by atoms with E-state index in [4.69, 9.17) is 0 Å². The molecule has 2 heterocycles. The summed E-state index contributed by atoms with van der Waals surface area (Å²) in [4.78, 5) is 27.6.